The number of aliphatic imine (C=N–C) groups is 1. The van der Waals surface area contributed by atoms with Crippen LogP contribution in [0.3, 0.4) is 0 Å². The van der Waals surface area contributed by atoms with E-state index in [-0.39, 0.29) is 5.82 Å². The van der Waals surface area contributed by atoms with Crippen molar-refractivity contribution in [1.82, 2.24) is 5.32 Å². The Hall–Kier alpha value is -1.38. The van der Waals surface area contributed by atoms with E-state index >= 15 is 0 Å². The van der Waals surface area contributed by atoms with Gasteiger partial charge in [0, 0.05) is 20.0 Å². The summed E-state index contributed by atoms with van der Waals surface area (Å²) in [6, 6.07) is 6.76. The van der Waals surface area contributed by atoms with Crippen molar-refractivity contribution >= 4 is 5.84 Å². The molecule has 1 aromatic rings. The summed E-state index contributed by atoms with van der Waals surface area (Å²) in [6.07, 6.45) is 0.525. The Morgan fingerprint density at radius 1 is 1.43 bits per heavy atom. The molecule has 0 saturated carbocycles. The number of hydrogen-bond donors (Lipinski definition) is 1. The molecule has 0 aliphatic heterocycles. The number of rotatable bonds is 3. The van der Waals surface area contributed by atoms with Crippen LogP contribution in [0.25, 0.3) is 0 Å². The Kier molecular flexibility index (Phi) is 4.11. The summed E-state index contributed by atoms with van der Waals surface area (Å²) in [5.41, 5.74) is 0.675. The number of nitrogens with zero attached hydrogens (tertiary/aromatic N) is 1. The fourth-order valence-electron chi connectivity index (χ4n) is 1.25. The quantitative estimate of drug-likeness (QED) is 0.577. The minimum absolute atomic E-state index is 0.174. The molecule has 0 radical (unpaired) electrons. The van der Waals surface area contributed by atoms with Gasteiger partial charge in [-0.25, -0.2) is 4.39 Å². The summed E-state index contributed by atoms with van der Waals surface area (Å²) in [7, 11) is 1.71. The molecule has 0 unspecified atom stereocenters. The number of hydrogen-bond acceptors (Lipinski definition) is 1. The molecule has 76 valence electrons. The van der Waals surface area contributed by atoms with Gasteiger partial charge in [-0.3, -0.25) is 4.99 Å². The van der Waals surface area contributed by atoms with E-state index in [0.717, 1.165) is 12.4 Å². The fourth-order valence-corrected chi connectivity index (χ4v) is 1.25. The van der Waals surface area contributed by atoms with Crippen LogP contribution in [0, 0.1) is 5.82 Å². The Bertz CT molecular complexity index is 321. The maximum atomic E-state index is 13.2. The van der Waals surface area contributed by atoms with E-state index in [1.54, 1.807) is 19.2 Å². The Labute approximate surface area is 83.9 Å². The van der Waals surface area contributed by atoms with Crippen molar-refractivity contribution in [2.75, 3.05) is 13.6 Å². The lowest BCUT2D eigenvalue weighted by atomic mass is 10.1. The molecule has 1 aromatic carbocycles. The van der Waals surface area contributed by atoms with Gasteiger partial charge < -0.3 is 5.32 Å². The van der Waals surface area contributed by atoms with Gasteiger partial charge in [0.2, 0.25) is 0 Å². The second-order valence-electron chi connectivity index (χ2n) is 2.97. The molecule has 0 amide bonds. The number of benzene rings is 1. The first-order chi connectivity index (χ1) is 6.77. The second-order valence-corrected chi connectivity index (χ2v) is 2.97. The molecule has 0 bridgehead atoms. The molecule has 0 atom stereocenters. The monoisotopic (exact) mass is 194 g/mol. The molecule has 0 saturated heterocycles. The first-order valence-electron chi connectivity index (χ1n) is 4.70. The van der Waals surface area contributed by atoms with Gasteiger partial charge in [-0.05, 0) is 18.6 Å². The van der Waals surface area contributed by atoms with Crippen molar-refractivity contribution in [1.29, 1.82) is 0 Å². The van der Waals surface area contributed by atoms with Crippen molar-refractivity contribution < 1.29 is 4.39 Å². The summed E-state index contributed by atoms with van der Waals surface area (Å²) in [5, 5.41) is 3.09. The van der Waals surface area contributed by atoms with Gasteiger partial charge in [0.05, 0.1) is 0 Å². The van der Waals surface area contributed by atoms with Crippen LogP contribution in [0.2, 0.25) is 0 Å². The topological polar surface area (TPSA) is 24.4 Å². The summed E-state index contributed by atoms with van der Waals surface area (Å²) in [4.78, 5) is 4.05. The van der Waals surface area contributed by atoms with Crippen LogP contribution in [0.4, 0.5) is 4.39 Å². The molecule has 0 aliphatic carbocycles. The van der Waals surface area contributed by atoms with E-state index in [2.05, 4.69) is 10.3 Å². The molecule has 1 N–H and O–H groups in total. The molecule has 14 heavy (non-hydrogen) atoms. The molecule has 0 spiro atoms. The number of amidine groups is 1. The van der Waals surface area contributed by atoms with Crippen LogP contribution in [-0.2, 0) is 6.42 Å². The van der Waals surface area contributed by atoms with Crippen LogP contribution in [-0.4, -0.2) is 19.4 Å². The van der Waals surface area contributed by atoms with Crippen molar-refractivity contribution in [3.63, 3.8) is 0 Å². The first kappa shape index (κ1) is 10.7. The van der Waals surface area contributed by atoms with E-state index in [0.29, 0.717) is 12.0 Å². The van der Waals surface area contributed by atoms with Crippen molar-refractivity contribution in [2.24, 2.45) is 4.99 Å². The number of nitrogens with one attached hydrogen (secondary N) is 1. The molecule has 1 rings (SSSR count). The third-order valence-electron chi connectivity index (χ3n) is 1.97. The van der Waals surface area contributed by atoms with Crippen LogP contribution in [0.5, 0.6) is 0 Å². The lowest BCUT2D eigenvalue weighted by Gasteiger charge is -2.07. The Morgan fingerprint density at radius 2 is 2.14 bits per heavy atom. The largest absolute Gasteiger partial charge is 0.374 e. The number of halogens is 1. The smallest absolute Gasteiger partial charge is 0.126 e. The fraction of sp³-hybridized carbons (Fsp3) is 0.364. The average molecular weight is 194 g/mol. The zero-order valence-electron chi connectivity index (χ0n) is 8.55. The van der Waals surface area contributed by atoms with Crippen molar-refractivity contribution in [2.45, 2.75) is 13.3 Å². The summed E-state index contributed by atoms with van der Waals surface area (Å²) in [6.45, 7) is 2.80. The van der Waals surface area contributed by atoms with Gasteiger partial charge in [-0.1, -0.05) is 18.2 Å². The first-order valence-corrected chi connectivity index (χ1v) is 4.70. The van der Waals surface area contributed by atoms with Gasteiger partial charge in [-0.15, -0.1) is 0 Å². The molecule has 3 heteroatoms. The van der Waals surface area contributed by atoms with Gasteiger partial charge in [-0.2, -0.15) is 0 Å². The van der Waals surface area contributed by atoms with Crippen molar-refractivity contribution in [3.05, 3.63) is 35.6 Å². The van der Waals surface area contributed by atoms with Gasteiger partial charge >= 0.3 is 0 Å². The predicted octanol–water partition coefficient (Wildman–Crippen LogP) is 2.01. The van der Waals surface area contributed by atoms with Gasteiger partial charge in [0.25, 0.3) is 0 Å². The van der Waals surface area contributed by atoms with Crippen LogP contribution < -0.4 is 5.32 Å². The van der Waals surface area contributed by atoms with E-state index in [9.17, 15) is 4.39 Å². The lowest BCUT2D eigenvalue weighted by Crippen LogP contribution is -2.25. The maximum absolute atomic E-state index is 13.2. The summed E-state index contributed by atoms with van der Waals surface area (Å²) >= 11 is 0. The van der Waals surface area contributed by atoms with E-state index in [1.165, 1.54) is 6.07 Å². The van der Waals surface area contributed by atoms with Gasteiger partial charge in [0.1, 0.15) is 11.7 Å². The summed E-state index contributed by atoms with van der Waals surface area (Å²) < 4.78 is 13.2. The minimum atomic E-state index is -0.174. The van der Waals surface area contributed by atoms with Crippen LogP contribution >= 0.6 is 0 Å². The second kappa shape index (κ2) is 5.37. The molecule has 2 nitrogen and oxygen atoms in total. The minimum Gasteiger partial charge on any atom is -0.374 e. The average Bonchev–Trinajstić information content (AvgIpc) is 2.20. The zero-order valence-corrected chi connectivity index (χ0v) is 8.55. The van der Waals surface area contributed by atoms with E-state index in [4.69, 9.17) is 0 Å². The van der Waals surface area contributed by atoms with Gasteiger partial charge in [0.15, 0.2) is 0 Å². The molecule has 0 fully saturated rings. The third kappa shape index (κ3) is 2.83. The van der Waals surface area contributed by atoms with E-state index in [1.807, 2.05) is 13.0 Å². The zero-order chi connectivity index (χ0) is 10.4. The summed E-state index contributed by atoms with van der Waals surface area (Å²) in [5.74, 6) is 0.643. The van der Waals surface area contributed by atoms with Crippen LogP contribution in [0.15, 0.2) is 29.3 Å². The van der Waals surface area contributed by atoms with Crippen LogP contribution in [0.1, 0.15) is 12.5 Å². The molecular formula is C11H15FN2. The highest BCUT2D eigenvalue weighted by atomic mass is 19.1. The normalized spacial score (nSPS) is 11.5. The molecule has 0 heterocycles. The lowest BCUT2D eigenvalue weighted by molar-refractivity contribution is 0.615. The highest BCUT2D eigenvalue weighted by Crippen LogP contribution is 2.07. The highest BCUT2D eigenvalue weighted by molar-refractivity contribution is 5.84. The third-order valence-corrected chi connectivity index (χ3v) is 1.97. The molecule has 0 aliphatic rings. The SMILES string of the molecule is CCNC(Cc1ccccc1F)=NC. The number of likely N-dealkylation sites (N-methyl/N-ethyl adjacent to an activating group) is 1. The van der Waals surface area contributed by atoms with Crippen molar-refractivity contribution in [3.8, 4) is 0 Å². The van der Waals surface area contributed by atoms with E-state index < -0.39 is 0 Å². The standard InChI is InChI=1S/C11H15FN2/c1-3-14-11(13-2)8-9-6-4-5-7-10(9)12/h4-7H,3,8H2,1-2H3,(H,13,14). The Morgan fingerprint density at radius 3 is 2.71 bits per heavy atom. The molecular weight excluding hydrogens is 179 g/mol. The molecule has 0 aromatic heterocycles. The highest BCUT2D eigenvalue weighted by Gasteiger charge is 2.03. The Balaban J connectivity index is 2.72. The maximum Gasteiger partial charge on any atom is 0.126 e. The predicted molar refractivity (Wildman–Crippen MR) is 57.1 cm³/mol.